The van der Waals surface area contributed by atoms with Crippen LogP contribution in [0.15, 0.2) is 15.8 Å². The average Bonchev–Trinajstić information content (AvgIpc) is 3.05. The van der Waals surface area contributed by atoms with Crippen LogP contribution in [0.4, 0.5) is 0 Å². The van der Waals surface area contributed by atoms with Crippen LogP contribution in [-0.2, 0) is 31.6 Å². The molecule has 2 aliphatic rings. The summed E-state index contributed by atoms with van der Waals surface area (Å²) in [6.07, 6.45) is -4.96. The Bertz CT molecular complexity index is 1140. The molecule has 1 saturated heterocycles. The number of fused-ring (bicyclic) bond motifs is 1. The molecule has 20 heteroatoms. The molecule has 176 valence electrons. The van der Waals surface area contributed by atoms with Gasteiger partial charge in [-0.25, -0.2) is 18.5 Å². The predicted molar refractivity (Wildman–Crippen MR) is 94.2 cm³/mol. The summed E-state index contributed by atoms with van der Waals surface area (Å²) in [5.41, 5.74) is -3.29. The Kier molecular flexibility index (Phi) is 6.18. The van der Waals surface area contributed by atoms with Gasteiger partial charge in [0.15, 0.2) is 6.23 Å². The molecule has 1 aromatic heterocycles. The predicted octanol–water partition coefficient (Wildman–Crippen LogP) is -2.19. The van der Waals surface area contributed by atoms with Crippen molar-refractivity contribution in [2.75, 3.05) is 6.61 Å². The number of aliphatic hydroxyl groups is 2. The number of aromatic amines is 1. The highest BCUT2D eigenvalue weighted by Crippen LogP contribution is 2.71. The molecule has 0 amide bonds. The van der Waals surface area contributed by atoms with Crippen LogP contribution in [0.3, 0.4) is 0 Å². The van der Waals surface area contributed by atoms with Crippen molar-refractivity contribution in [1.82, 2.24) is 9.55 Å². The summed E-state index contributed by atoms with van der Waals surface area (Å²) >= 11 is 0. The standard InChI is InChI=1S/C11H17N2O15P3/c1-4-2-13(10(17)12-8(4)16)9-5(15)11(3-14)6(25-9)7(11)26-30(21,22)28-31(23,24)27-29(18,19)20/h2,5-7,9,14-15H,3H2,1H3,(H,21,22)(H,23,24)(H,12,16,17)(H2,18,19,20)/t5-,6+,7?,9+,11+/m0/s1. The Morgan fingerprint density at radius 1 is 1.16 bits per heavy atom. The molecule has 17 nitrogen and oxygen atoms in total. The maximum atomic E-state index is 12.0. The molecule has 7 atom stereocenters. The molecular formula is C11H17N2O15P3. The van der Waals surface area contributed by atoms with Crippen molar-refractivity contribution in [3.63, 3.8) is 0 Å². The van der Waals surface area contributed by atoms with Gasteiger partial charge in [-0.1, -0.05) is 0 Å². The van der Waals surface area contributed by atoms with E-state index in [1.807, 2.05) is 4.98 Å². The van der Waals surface area contributed by atoms with Gasteiger partial charge in [-0.15, -0.1) is 0 Å². The largest absolute Gasteiger partial charge is 0.490 e. The van der Waals surface area contributed by atoms with E-state index in [4.69, 9.17) is 14.5 Å². The molecule has 0 bridgehead atoms. The first kappa shape index (κ1) is 24.6. The van der Waals surface area contributed by atoms with E-state index in [1.165, 1.54) is 6.92 Å². The van der Waals surface area contributed by atoms with Crippen molar-refractivity contribution in [2.24, 2.45) is 5.41 Å². The number of phosphoric ester groups is 1. The Hall–Kier alpha value is -1.03. The summed E-state index contributed by atoms with van der Waals surface area (Å²) in [5.74, 6) is 0. The molecule has 0 spiro atoms. The quantitative estimate of drug-likeness (QED) is 0.183. The summed E-state index contributed by atoms with van der Waals surface area (Å²) in [5, 5.41) is 20.3. The number of ether oxygens (including phenoxy) is 1. The molecule has 2 fully saturated rings. The topological polar surface area (TPSA) is 264 Å². The molecule has 1 saturated carbocycles. The van der Waals surface area contributed by atoms with Crippen LogP contribution in [-0.4, -0.2) is 64.3 Å². The lowest BCUT2D eigenvalue weighted by Crippen LogP contribution is -2.41. The number of aryl methyl sites for hydroxylation is 1. The Labute approximate surface area is 171 Å². The van der Waals surface area contributed by atoms with E-state index in [0.29, 0.717) is 0 Å². The van der Waals surface area contributed by atoms with Gasteiger partial charge in [-0.3, -0.25) is 18.9 Å². The van der Waals surface area contributed by atoms with Crippen LogP contribution in [0.25, 0.3) is 0 Å². The van der Waals surface area contributed by atoms with E-state index in [2.05, 4.69) is 13.1 Å². The van der Waals surface area contributed by atoms with Crippen LogP contribution in [0.5, 0.6) is 0 Å². The fraction of sp³-hybridized carbons (Fsp3) is 0.636. The monoisotopic (exact) mass is 510 g/mol. The van der Waals surface area contributed by atoms with E-state index in [9.17, 15) is 43.3 Å². The number of nitrogens with zero attached hydrogens (tertiary/aromatic N) is 1. The first-order chi connectivity index (χ1) is 14.0. The minimum absolute atomic E-state index is 0.0961. The number of aromatic nitrogens is 2. The third-order valence-electron chi connectivity index (χ3n) is 4.69. The van der Waals surface area contributed by atoms with Crippen LogP contribution < -0.4 is 11.2 Å². The minimum atomic E-state index is -5.76. The van der Waals surface area contributed by atoms with Crippen molar-refractivity contribution < 1.29 is 61.4 Å². The third kappa shape index (κ3) is 4.70. The Balaban J connectivity index is 1.78. The number of hydrogen-bond acceptors (Lipinski definition) is 11. The zero-order valence-electron chi connectivity index (χ0n) is 15.2. The highest BCUT2D eigenvalue weighted by molar-refractivity contribution is 7.66. The third-order valence-corrected chi connectivity index (χ3v) is 8.51. The maximum absolute atomic E-state index is 12.0. The first-order valence-electron chi connectivity index (χ1n) is 8.12. The van der Waals surface area contributed by atoms with Gasteiger partial charge in [0.25, 0.3) is 5.56 Å². The molecule has 1 aliphatic carbocycles. The fourth-order valence-electron chi connectivity index (χ4n) is 3.28. The first-order valence-corrected chi connectivity index (χ1v) is 12.6. The van der Waals surface area contributed by atoms with E-state index >= 15 is 0 Å². The summed E-state index contributed by atoms with van der Waals surface area (Å²) in [6, 6.07) is 0. The lowest BCUT2D eigenvalue weighted by atomic mass is 9.99. The van der Waals surface area contributed by atoms with E-state index in [1.54, 1.807) is 0 Å². The number of hydrogen-bond donors (Lipinski definition) is 7. The van der Waals surface area contributed by atoms with Crippen LogP contribution >= 0.6 is 23.5 Å². The number of rotatable bonds is 8. The van der Waals surface area contributed by atoms with Gasteiger partial charge in [0.1, 0.15) is 18.3 Å². The van der Waals surface area contributed by atoms with Gasteiger partial charge in [0.2, 0.25) is 0 Å². The lowest BCUT2D eigenvalue weighted by molar-refractivity contribution is -0.0839. The molecule has 1 aromatic rings. The van der Waals surface area contributed by atoms with Gasteiger partial charge >= 0.3 is 29.2 Å². The van der Waals surface area contributed by atoms with Crippen molar-refractivity contribution in [1.29, 1.82) is 0 Å². The number of nitrogens with one attached hydrogen (secondary N) is 1. The second kappa shape index (κ2) is 7.78. The molecule has 3 rings (SSSR count). The van der Waals surface area contributed by atoms with Gasteiger partial charge in [0, 0.05) is 11.8 Å². The molecule has 7 N–H and O–H groups in total. The minimum Gasteiger partial charge on any atom is -0.395 e. The molecule has 31 heavy (non-hydrogen) atoms. The Morgan fingerprint density at radius 2 is 1.77 bits per heavy atom. The van der Waals surface area contributed by atoms with E-state index in [-0.39, 0.29) is 5.56 Å². The number of H-pyrrole nitrogens is 1. The molecular weight excluding hydrogens is 493 g/mol. The van der Waals surface area contributed by atoms with Crippen LogP contribution in [0.2, 0.25) is 0 Å². The average molecular weight is 510 g/mol. The zero-order chi connectivity index (χ0) is 23.6. The van der Waals surface area contributed by atoms with Gasteiger partial charge in [-0.05, 0) is 6.92 Å². The number of phosphoric acid groups is 3. The van der Waals surface area contributed by atoms with Crippen molar-refractivity contribution >= 4 is 23.5 Å². The molecule has 3 unspecified atom stereocenters. The number of aliphatic hydroxyl groups excluding tert-OH is 2. The highest BCUT2D eigenvalue weighted by atomic mass is 31.3. The normalized spacial score (nSPS) is 34.0. The molecule has 2 heterocycles. The van der Waals surface area contributed by atoms with Gasteiger partial charge < -0.3 is 34.5 Å². The lowest BCUT2D eigenvalue weighted by Gasteiger charge is -2.26. The summed E-state index contributed by atoms with van der Waals surface area (Å²) in [4.78, 5) is 61.3. The van der Waals surface area contributed by atoms with Crippen LogP contribution in [0.1, 0.15) is 11.8 Å². The summed E-state index contributed by atoms with van der Waals surface area (Å²) in [6.45, 7) is 0.476. The second-order valence-electron chi connectivity index (χ2n) is 6.76. The summed E-state index contributed by atoms with van der Waals surface area (Å²) in [7, 11) is -16.9. The maximum Gasteiger partial charge on any atom is 0.490 e. The van der Waals surface area contributed by atoms with Crippen molar-refractivity contribution in [3.05, 3.63) is 32.6 Å². The van der Waals surface area contributed by atoms with Gasteiger partial charge in [-0.2, -0.15) is 8.62 Å². The van der Waals surface area contributed by atoms with E-state index < -0.39 is 71.3 Å². The Morgan fingerprint density at radius 3 is 2.29 bits per heavy atom. The molecule has 0 radical (unpaired) electrons. The van der Waals surface area contributed by atoms with Gasteiger partial charge in [0.05, 0.1) is 12.0 Å². The van der Waals surface area contributed by atoms with Crippen molar-refractivity contribution in [3.8, 4) is 0 Å². The van der Waals surface area contributed by atoms with Crippen molar-refractivity contribution in [2.45, 2.75) is 31.5 Å². The SMILES string of the molecule is Cc1cn([C@@H]2O[C@@H]3C(OP(=O)(O)OP(=O)(O)OP(=O)(O)O)[C@]3(CO)[C@H]2O)c(=O)[nH]c1=O. The van der Waals surface area contributed by atoms with E-state index in [0.717, 1.165) is 10.8 Å². The fourth-order valence-corrected chi connectivity index (χ4v) is 6.53. The molecule has 0 aromatic carbocycles. The molecule has 1 aliphatic heterocycles. The summed E-state index contributed by atoms with van der Waals surface area (Å²) < 4.78 is 52.1. The highest BCUT2D eigenvalue weighted by Gasteiger charge is 2.79. The second-order valence-corrected chi connectivity index (χ2v) is 11.1. The smallest absolute Gasteiger partial charge is 0.395 e. The van der Waals surface area contributed by atoms with Crippen LogP contribution in [0, 0.1) is 12.3 Å². The zero-order valence-corrected chi connectivity index (χ0v) is 17.9.